The van der Waals surface area contributed by atoms with Gasteiger partial charge in [0.1, 0.15) is 11.8 Å². The molecule has 1 unspecified atom stereocenters. The molecule has 1 saturated carbocycles. The van der Waals surface area contributed by atoms with Crippen molar-refractivity contribution in [2.24, 2.45) is 22.9 Å². The average molecular weight is 431 g/mol. The molecular formula is C24H34N2O5. The Hall–Kier alpha value is -2.41. The van der Waals surface area contributed by atoms with Gasteiger partial charge in [-0.25, -0.2) is 14.6 Å². The third kappa shape index (κ3) is 5.09. The van der Waals surface area contributed by atoms with Gasteiger partial charge in [-0.15, -0.1) is 0 Å². The number of benzene rings is 1. The summed E-state index contributed by atoms with van der Waals surface area (Å²) in [5.41, 5.74) is -0.332. The lowest BCUT2D eigenvalue weighted by molar-refractivity contribution is -0.318. The molecule has 7 heteroatoms. The number of rotatable bonds is 7. The van der Waals surface area contributed by atoms with Crippen LogP contribution in [0.25, 0.3) is 0 Å². The quantitative estimate of drug-likeness (QED) is 0.360. The minimum atomic E-state index is -1.21. The number of carbonyl (C=O) groups excluding carboxylic acids is 2. The van der Waals surface area contributed by atoms with Crippen LogP contribution in [0.15, 0.2) is 35.4 Å². The molecule has 4 atom stereocenters. The molecule has 0 amide bonds. The van der Waals surface area contributed by atoms with Crippen LogP contribution < -0.4 is 5.01 Å². The van der Waals surface area contributed by atoms with Crippen LogP contribution in [-0.2, 0) is 24.1 Å². The zero-order chi connectivity index (χ0) is 22.6. The molecule has 1 aromatic rings. The third-order valence-electron chi connectivity index (χ3n) is 6.36. The Morgan fingerprint density at radius 1 is 1.23 bits per heavy atom. The van der Waals surface area contributed by atoms with Gasteiger partial charge in [0.25, 0.3) is 0 Å². The van der Waals surface area contributed by atoms with E-state index in [-0.39, 0.29) is 24.8 Å². The van der Waals surface area contributed by atoms with Crippen LogP contribution in [0.1, 0.15) is 60.3 Å². The van der Waals surface area contributed by atoms with Gasteiger partial charge in [0.2, 0.25) is 0 Å². The summed E-state index contributed by atoms with van der Waals surface area (Å²) in [6.45, 7) is 10.2. The van der Waals surface area contributed by atoms with Gasteiger partial charge >= 0.3 is 11.9 Å². The fraction of sp³-hybridized carbons (Fsp3) is 0.625. The average Bonchev–Trinajstić information content (AvgIpc) is 3.11. The first-order chi connectivity index (χ1) is 14.8. The van der Waals surface area contributed by atoms with Crippen molar-refractivity contribution in [3.05, 3.63) is 30.3 Å². The standard InChI is InChI=1S/C24H34N2O5/c1-6-29-22(27)20-15-24(5,26(25-20)18-10-8-7-9-11-18)23(28)31-30-21-14-17(4)12-13-19(21)16(2)3/h7-11,16-17,19,21H,6,12-15H2,1-5H3/t17-,19+,21-,24?/m1/s1. The smallest absolute Gasteiger partial charge is 0.369 e. The number of hydrogen-bond donors (Lipinski definition) is 0. The van der Waals surface area contributed by atoms with Crippen molar-refractivity contribution in [2.75, 3.05) is 11.6 Å². The minimum absolute atomic E-state index is 0.0810. The largest absolute Gasteiger partial charge is 0.461 e. The van der Waals surface area contributed by atoms with Crippen LogP contribution in [0.3, 0.4) is 0 Å². The fourth-order valence-corrected chi connectivity index (χ4v) is 4.49. The van der Waals surface area contributed by atoms with Gasteiger partial charge in [0.05, 0.1) is 12.3 Å². The highest BCUT2D eigenvalue weighted by Crippen LogP contribution is 2.37. The highest BCUT2D eigenvalue weighted by molar-refractivity contribution is 6.38. The highest BCUT2D eigenvalue weighted by Gasteiger charge is 2.50. The molecule has 1 aromatic carbocycles. The molecule has 0 N–H and O–H groups in total. The molecule has 0 radical (unpaired) electrons. The molecule has 1 aliphatic carbocycles. The Bertz CT molecular complexity index is 809. The van der Waals surface area contributed by atoms with Gasteiger partial charge < -0.3 is 4.74 Å². The minimum Gasteiger partial charge on any atom is -0.461 e. The van der Waals surface area contributed by atoms with E-state index < -0.39 is 17.5 Å². The number of hydrazone groups is 1. The maximum Gasteiger partial charge on any atom is 0.369 e. The molecule has 1 fully saturated rings. The summed E-state index contributed by atoms with van der Waals surface area (Å²) >= 11 is 0. The summed E-state index contributed by atoms with van der Waals surface area (Å²) in [6, 6.07) is 9.26. The SMILES string of the molecule is CCOC(=O)C1=NN(c2ccccc2)C(C)(C(=O)OO[C@@H]2C[C@H](C)CC[C@H]2C(C)C)C1. The van der Waals surface area contributed by atoms with Crippen molar-refractivity contribution in [1.29, 1.82) is 0 Å². The summed E-state index contributed by atoms with van der Waals surface area (Å²) in [5, 5.41) is 5.96. The van der Waals surface area contributed by atoms with Crippen LogP contribution in [-0.4, -0.2) is 35.9 Å². The molecular weight excluding hydrogens is 396 g/mol. The topological polar surface area (TPSA) is 77.4 Å². The Labute approximate surface area is 184 Å². The lowest BCUT2D eigenvalue weighted by Gasteiger charge is -2.36. The number of carbonyl (C=O) groups is 2. The molecule has 1 aliphatic heterocycles. The van der Waals surface area contributed by atoms with Gasteiger partial charge in [0, 0.05) is 6.42 Å². The third-order valence-corrected chi connectivity index (χ3v) is 6.36. The van der Waals surface area contributed by atoms with Crippen molar-refractivity contribution in [3.8, 4) is 0 Å². The molecule has 7 nitrogen and oxygen atoms in total. The molecule has 170 valence electrons. The van der Waals surface area contributed by atoms with Gasteiger partial charge in [-0.1, -0.05) is 45.4 Å². The first kappa shape index (κ1) is 23.3. The predicted octanol–water partition coefficient (Wildman–Crippen LogP) is 4.51. The van der Waals surface area contributed by atoms with Crippen LogP contribution in [0.4, 0.5) is 5.69 Å². The summed E-state index contributed by atoms with van der Waals surface area (Å²) in [5.74, 6) is 0.220. The lowest BCUT2D eigenvalue weighted by Crippen LogP contribution is -2.49. The van der Waals surface area contributed by atoms with Crippen LogP contribution in [0, 0.1) is 17.8 Å². The molecule has 3 rings (SSSR count). The van der Waals surface area contributed by atoms with E-state index in [1.54, 1.807) is 13.8 Å². The van der Waals surface area contributed by atoms with Crippen LogP contribution >= 0.6 is 0 Å². The van der Waals surface area contributed by atoms with Gasteiger partial charge in [-0.2, -0.15) is 9.99 Å². The van der Waals surface area contributed by atoms with E-state index in [2.05, 4.69) is 25.9 Å². The first-order valence-corrected chi connectivity index (χ1v) is 11.2. The Morgan fingerprint density at radius 3 is 2.58 bits per heavy atom. The molecule has 0 aromatic heterocycles. The number of para-hydroxylation sites is 1. The van der Waals surface area contributed by atoms with E-state index >= 15 is 0 Å². The predicted molar refractivity (Wildman–Crippen MR) is 118 cm³/mol. The van der Waals surface area contributed by atoms with Gasteiger partial charge in [-0.05, 0) is 56.6 Å². The Balaban J connectivity index is 1.78. The molecule has 0 bridgehead atoms. The second-order valence-corrected chi connectivity index (χ2v) is 9.20. The second-order valence-electron chi connectivity index (χ2n) is 9.20. The number of nitrogens with zero attached hydrogens (tertiary/aromatic N) is 2. The van der Waals surface area contributed by atoms with Crippen molar-refractivity contribution >= 4 is 23.3 Å². The van der Waals surface area contributed by atoms with E-state index in [0.717, 1.165) is 19.3 Å². The summed E-state index contributed by atoms with van der Waals surface area (Å²) in [4.78, 5) is 36.8. The van der Waals surface area contributed by atoms with E-state index in [4.69, 9.17) is 14.5 Å². The molecule has 2 aliphatic rings. The molecule has 31 heavy (non-hydrogen) atoms. The Morgan fingerprint density at radius 2 is 1.94 bits per heavy atom. The van der Waals surface area contributed by atoms with Crippen LogP contribution in [0.5, 0.6) is 0 Å². The van der Waals surface area contributed by atoms with Crippen molar-refractivity contribution in [3.63, 3.8) is 0 Å². The molecule has 1 heterocycles. The zero-order valence-corrected chi connectivity index (χ0v) is 19.2. The maximum absolute atomic E-state index is 13.3. The molecule has 0 spiro atoms. The number of anilines is 1. The number of esters is 1. The second kappa shape index (κ2) is 9.81. The van der Waals surface area contributed by atoms with Crippen LogP contribution in [0.2, 0.25) is 0 Å². The lowest BCUT2D eigenvalue weighted by atomic mass is 9.75. The zero-order valence-electron chi connectivity index (χ0n) is 19.2. The van der Waals surface area contributed by atoms with Crippen molar-refractivity contribution in [1.82, 2.24) is 0 Å². The Kier molecular flexibility index (Phi) is 7.36. The summed E-state index contributed by atoms with van der Waals surface area (Å²) in [7, 11) is 0. The number of ether oxygens (including phenoxy) is 1. The van der Waals surface area contributed by atoms with Crippen molar-refractivity contribution in [2.45, 2.75) is 71.9 Å². The van der Waals surface area contributed by atoms with Gasteiger partial charge in [-0.3, -0.25) is 4.89 Å². The monoisotopic (exact) mass is 430 g/mol. The van der Waals surface area contributed by atoms with E-state index in [1.165, 1.54) is 5.01 Å². The summed E-state index contributed by atoms with van der Waals surface area (Å²) < 4.78 is 5.11. The maximum atomic E-state index is 13.3. The van der Waals surface area contributed by atoms with E-state index in [1.807, 2.05) is 30.3 Å². The van der Waals surface area contributed by atoms with Gasteiger partial charge in [0.15, 0.2) is 5.54 Å². The van der Waals surface area contributed by atoms with E-state index in [9.17, 15) is 9.59 Å². The highest BCUT2D eigenvalue weighted by atomic mass is 17.2. The molecule has 0 saturated heterocycles. The summed E-state index contributed by atoms with van der Waals surface area (Å²) in [6.07, 6.45) is 3.03. The first-order valence-electron chi connectivity index (χ1n) is 11.2. The van der Waals surface area contributed by atoms with Crippen molar-refractivity contribution < 1.29 is 24.1 Å². The van der Waals surface area contributed by atoms with E-state index in [0.29, 0.717) is 23.4 Å². The number of hydrogen-bond acceptors (Lipinski definition) is 7. The fourth-order valence-electron chi connectivity index (χ4n) is 4.49. The normalized spacial score (nSPS) is 28.4.